The zero-order valence-corrected chi connectivity index (χ0v) is 17.1. The molecule has 0 saturated heterocycles. The number of amides is 1. The summed E-state index contributed by atoms with van der Waals surface area (Å²) < 4.78 is 42.2. The highest BCUT2D eigenvalue weighted by Gasteiger charge is 2.20. The summed E-state index contributed by atoms with van der Waals surface area (Å²) in [5.41, 5.74) is 2.79. The summed E-state index contributed by atoms with van der Waals surface area (Å²) in [6.45, 7) is 5.29. The molecule has 0 unspecified atom stereocenters. The van der Waals surface area contributed by atoms with E-state index in [1.54, 1.807) is 50.2 Å². The first-order valence-corrected chi connectivity index (χ1v) is 10.4. The molecule has 0 bridgehead atoms. The molecule has 3 rings (SSSR count). The van der Waals surface area contributed by atoms with Crippen molar-refractivity contribution < 1.29 is 17.6 Å². The maximum absolute atomic E-state index is 14.0. The molecule has 0 aliphatic rings. The molecule has 2 N–H and O–H groups in total. The SMILES string of the molecule is Cc1ccc(NS(=O)(=O)c2cc(C(=O)Nc3ccc(C)cc3F)ccc2C)cc1. The van der Waals surface area contributed by atoms with Gasteiger partial charge in [0, 0.05) is 11.3 Å². The highest BCUT2D eigenvalue weighted by Crippen LogP contribution is 2.22. The summed E-state index contributed by atoms with van der Waals surface area (Å²) in [6.07, 6.45) is 0. The maximum Gasteiger partial charge on any atom is 0.262 e. The molecular weight excluding hydrogens is 391 g/mol. The molecule has 5 nitrogen and oxygen atoms in total. The number of halogens is 1. The van der Waals surface area contributed by atoms with E-state index in [4.69, 9.17) is 0 Å². The van der Waals surface area contributed by atoms with Crippen LogP contribution in [0.4, 0.5) is 15.8 Å². The Morgan fingerprint density at radius 3 is 2.17 bits per heavy atom. The molecule has 0 fully saturated rings. The van der Waals surface area contributed by atoms with Crippen LogP contribution in [0.25, 0.3) is 0 Å². The number of hydrogen-bond acceptors (Lipinski definition) is 3. The van der Waals surface area contributed by atoms with E-state index in [9.17, 15) is 17.6 Å². The topological polar surface area (TPSA) is 75.3 Å². The van der Waals surface area contributed by atoms with Crippen LogP contribution >= 0.6 is 0 Å². The van der Waals surface area contributed by atoms with Gasteiger partial charge in [0.05, 0.1) is 10.6 Å². The third-order valence-corrected chi connectivity index (χ3v) is 5.94. The standard InChI is InChI=1S/C22H21FN2O3S/c1-14-4-9-18(10-5-14)25-29(27,28)21-13-17(8-7-16(21)3)22(26)24-20-11-6-15(2)12-19(20)23/h4-13,25H,1-3H3,(H,24,26). The van der Waals surface area contributed by atoms with Gasteiger partial charge in [-0.25, -0.2) is 12.8 Å². The number of benzene rings is 3. The van der Waals surface area contributed by atoms with Crippen molar-refractivity contribution in [3.05, 3.63) is 88.7 Å². The van der Waals surface area contributed by atoms with Gasteiger partial charge in [0.1, 0.15) is 5.82 Å². The Kier molecular flexibility index (Phi) is 5.70. The molecule has 0 spiro atoms. The van der Waals surface area contributed by atoms with Crippen LogP contribution in [0.15, 0.2) is 65.6 Å². The van der Waals surface area contributed by atoms with E-state index in [-0.39, 0.29) is 16.1 Å². The summed E-state index contributed by atoms with van der Waals surface area (Å²) in [4.78, 5) is 12.5. The van der Waals surface area contributed by atoms with Crippen molar-refractivity contribution in [3.8, 4) is 0 Å². The van der Waals surface area contributed by atoms with Gasteiger partial charge in [0.15, 0.2) is 0 Å². The molecular formula is C22H21FN2O3S. The Morgan fingerprint density at radius 1 is 0.862 bits per heavy atom. The third kappa shape index (κ3) is 4.81. The third-order valence-electron chi connectivity index (χ3n) is 4.42. The van der Waals surface area contributed by atoms with Gasteiger partial charge in [-0.1, -0.05) is 29.8 Å². The fourth-order valence-corrected chi connectivity index (χ4v) is 4.11. The van der Waals surface area contributed by atoms with Crippen LogP contribution in [0.1, 0.15) is 27.0 Å². The van der Waals surface area contributed by atoms with E-state index in [0.29, 0.717) is 11.3 Å². The molecule has 0 aromatic heterocycles. The fourth-order valence-electron chi connectivity index (χ4n) is 2.78. The largest absolute Gasteiger partial charge is 0.319 e. The van der Waals surface area contributed by atoms with E-state index >= 15 is 0 Å². The van der Waals surface area contributed by atoms with Crippen molar-refractivity contribution in [2.45, 2.75) is 25.7 Å². The predicted molar refractivity (Wildman–Crippen MR) is 112 cm³/mol. The molecule has 0 atom stereocenters. The second-order valence-electron chi connectivity index (χ2n) is 6.89. The Hall–Kier alpha value is -3.19. The zero-order valence-electron chi connectivity index (χ0n) is 16.3. The molecule has 150 valence electrons. The molecule has 1 amide bonds. The molecule has 0 heterocycles. The van der Waals surface area contributed by atoms with Gasteiger partial charge in [-0.05, 0) is 68.3 Å². The summed E-state index contributed by atoms with van der Waals surface area (Å²) in [5.74, 6) is -1.15. The maximum atomic E-state index is 14.0. The molecule has 3 aromatic rings. The van der Waals surface area contributed by atoms with Crippen LogP contribution in [-0.4, -0.2) is 14.3 Å². The van der Waals surface area contributed by atoms with Crippen molar-refractivity contribution in [3.63, 3.8) is 0 Å². The number of carbonyl (C=O) groups is 1. The first-order valence-electron chi connectivity index (χ1n) is 8.93. The van der Waals surface area contributed by atoms with E-state index in [0.717, 1.165) is 11.1 Å². The fraction of sp³-hybridized carbons (Fsp3) is 0.136. The summed E-state index contributed by atoms with van der Waals surface area (Å²) in [6, 6.07) is 15.7. The second-order valence-corrected chi connectivity index (χ2v) is 8.54. The van der Waals surface area contributed by atoms with Crippen molar-refractivity contribution in [1.82, 2.24) is 0 Å². The Bertz CT molecular complexity index is 1170. The number of aryl methyl sites for hydroxylation is 3. The molecule has 0 radical (unpaired) electrons. The Labute approximate surface area is 169 Å². The van der Waals surface area contributed by atoms with Crippen LogP contribution < -0.4 is 10.0 Å². The van der Waals surface area contributed by atoms with Gasteiger partial charge in [0.25, 0.3) is 15.9 Å². The van der Waals surface area contributed by atoms with E-state index in [1.165, 1.54) is 24.3 Å². The van der Waals surface area contributed by atoms with Crippen molar-refractivity contribution in [2.75, 3.05) is 10.0 Å². The average Bonchev–Trinajstić information content (AvgIpc) is 2.66. The highest BCUT2D eigenvalue weighted by atomic mass is 32.2. The van der Waals surface area contributed by atoms with Gasteiger partial charge in [-0.15, -0.1) is 0 Å². The number of nitrogens with one attached hydrogen (secondary N) is 2. The predicted octanol–water partition coefficient (Wildman–Crippen LogP) is 4.80. The highest BCUT2D eigenvalue weighted by molar-refractivity contribution is 7.92. The minimum Gasteiger partial charge on any atom is -0.319 e. The number of sulfonamides is 1. The molecule has 0 aliphatic heterocycles. The molecule has 29 heavy (non-hydrogen) atoms. The van der Waals surface area contributed by atoms with Crippen LogP contribution in [0, 0.1) is 26.6 Å². The summed E-state index contributed by atoms with van der Waals surface area (Å²) in [5, 5.41) is 2.48. The van der Waals surface area contributed by atoms with Gasteiger partial charge >= 0.3 is 0 Å². The van der Waals surface area contributed by atoms with E-state index in [2.05, 4.69) is 10.0 Å². The quantitative estimate of drug-likeness (QED) is 0.632. The number of rotatable bonds is 5. The molecule has 7 heteroatoms. The molecule has 0 aliphatic carbocycles. The summed E-state index contributed by atoms with van der Waals surface area (Å²) in [7, 11) is -3.90. The minimum absolute atomic E-state index is 0.0184. The normalized spacial score (nSPS) is 11.2. The lowest BCUT2D eigenvalue weighted by Crippen LogP contribution is -2.17. The van der Waals surface area contributed by atoms with Crippen molar-refractivity contribution >= 4 is 27.3 Å². The molecule has 3 aromatic carbocycles. The lowest BCUT2D eigenvalue weighted by molar-refractivity contribution is 0.102. The van der Waals surface area contributed by atoms with Crippen LogP contribution in [0.3, 0.4) is 0 Å². The second kappa shape index (κ2) is 8.05. The minimum atomic E-state index is -3.90. The van der Waals surface area contributed by atoms with Crippen LogP contribution in [0.5, 0.6) is 0 Å². The lowest BCUT2D eigenvalue weighted by Gasteiger charge is -2.13. The first-order chi connectivity index (χ1) is 13.7. The first kappa shape index (κ1) is 20.5. The number of anilines is 2. The number of hydrogen-bond donors (Lipinski definition) is 2. The molecule has 0 saturated carbocycles. The van der Waals surface area contributed by atoms with Gasteiger partial charge in [-0.3, -0.25) is 9.52 Å². The van der Waals surface area contributed by atoms with Gasteiger partial charge in [-0.2, -0.15) is 0 Å². The zero-order chi connectivity index (χ0) is 21.2. The van der Waals surface area contributed by atoms with Gasteiger partial charge < -0.3 is 5.32 Å². The lowest BCUT2D eigenvalue weighted by atomic mass is 10.1. The Balaban J connectivity index is 1.88. The average molecular weight is 412 g/mol. The van der Waals surface area contributed by atoms with Gasteiger partial charge in [0.2, 0.25) is 0 Å². The Morgan fingerprint density at radius 2 is 1.52 bits per heavy atom. The summed E-state index contributed by atoms with van der Waals surface area (Å²) >= 11 is 0. The smallest absolute Gasteiger partial charge is 0.262 e. The van der Waals surface area contributed by atoms with Crippen LogP contribution in [0.2, 0.25) is 0 Å². The number of carbonyl (C=O) groups excluding carboxylic acids is 1. The van der Waals surface area contributed by atoms with Crippen molar-refractivity contribution in [1.29, 1.82) is 0 Å². The van der Waals surface area contributed by atoms with E-state index < -0.39 is 21.7 Å². The van der Waals surface area contributed by atoms with Crippen LogP contribution in [-0.2, 0) is 10.0 Å². The monoisotopic (exact) mass is 412 g/mol. The van der Waals surface area contributed by atoms with Crippen molar-refractivity contribution in [2.24, 2.45) is 0 Å². The van der Waals surface area contributed by atoms with E-state index in [1.807, 2.05) is 6.92 Å².